The summed E-state index contributed by atoms with van der Waals surface area (Å²) in [7, 11) is 1.50. The van der Waals surface area contributed by atoms with Crippen molar-refractivity contribution in [3.8, 4) is 11.8 Å². The van der Waals surface area contributed by atoms with Crippen molar-refractivity contribution in [3.63, 3.8) is 0 Å². The van der Waals surface area contributed by atoms with Gasteiger partial charge in [-0.15, -0.1) is 0 Å². The van der Waals surface area contributed by atoms with Gasteiger partial charge in [0.05, 0.1) is 19.3 Å². The number of benzene rings is 1. The van der Waals surface area contributed by atoms with Gasteiger partial charge in [-0.05, 0) is 38.0 Å². The predicted molar refractivity (Wildman–Crippen MR) is 74.9 cm³/mol. The Morgan fingerprint density at radius 2 is 2.30 bits per heavy atom. The van der Waals surface area contributed by atoms with Crippen LogP contribution in [-0.2, 0) is 9.53 Å². The Morgan fingerprint density at radius 3 is 2.85 bits per heavy atom. The summed E-state index contributed by atoms with van der Waals surface area (Å²) in [4.78, 5) is 12.5. The van der Waals surface area contributed by atoms with Gasteiger partial charge in [0.25, 0.3) is 0 Å². The molecule has 0 aromatic heterocycles. The minimum atomic E-state index is -0.918. The zero-order valence-electron chi connectivity index (χ0n) is 11.4. The number of methoxy groups -OCH3 is 1. The number of carbonyl (C=O) groups excluding carboxylic acids is 1. The number of ketones is 1. The van der Waals surface area contributed by atoms with Gasteiger partial charge in [-0.25, -0.2) is 0 Å². The van der Waals surface area contributed by atoms with Crippen molar-refractivity contribution in [2.75, 3.05) is 7.11 Å². The summed E-state index contributed by atoms with van der Waals surface area (Å²) in [5, 5.41) is 9.83. The number of nitriles is 1. The second kappa shape index (κ2) is 6.25. The Balaban J connectivity index is 2.31. The van der Waals surface area contributed by atoms with E-state index in [1.54, 1.807) is 18.2 Å². The van der Waals surface area contributed by atoms with Crippen molar-refractivity contribution < 1.29 is 14.3 Å². The maximum Gasteiger partial charge on any atom is 0.183 e. The summed E-state index contributed by atoms with van der Waals surface area (Å²) in [6.07, 6.45) is 1.03. The van der Waals surface area contributed by atoms with Gasteiger partial charge < -0.3 is 9.47 Å². The largest absolute Gasteiger partial charge is 0.496 e. The number of hydrogen-bond acceptors (Lipinski definition) is 4. The van der Waals surface area contributed by atoms with E-state index in [0.717, 1.165) is 6.42 Å². The zero-order valence-corrected chi connectivity index (χ0v) is 12.2. The normalized spacial score (nSPS) is 23.1. The van der Waals surface area contributed by atoms with Crippen LogP contribution < -0.4 is 4.74 Å². The van der Waals surface area contributed by atoms with Crippen LogP contribution in [0.25, 0.3) is 0 Å². The van der Waals surface area contributed by atoms with Gasteiger partial charge in [0.1, 0.15) is 17.8 Å². The standard InChI is InChI=1S/C15H16ClNO3/c1-9-3-5-14(20-9)15(18)12(8-17)11-7-10(16)4-6-13(11)19-2/h4,6-7,9,12,14H,3,5H2,1-2H3. The summed E-state index contributed by atoms with van der Waals surface area (Å²) in [5.41, 5.74) is 0.496. The lowest BCUT2D eigenvalue weighted by atomic mass is 9.91. The summed E-state index contributed by atoms with van der Waals surface area (Å²) in [6, 6.07) is 6.97. The van der Waals surface area contributed by atoms with E-state index >= 15 is 0 Å². The molecule has 2 rings (SSSR count). The van der Waals surface area contributed by atoms with Gasteiger partial charge in [0.2, 0.25) is 0 Å². The van der Waals surface area contributed by atoms with Gasteiger partial charge in [-0.3, -0.25) is 4.79 Å². The maximum atomic E-state index is 12.5. The molecule has 0 amide bonds. The van der Waals surface area contributed by atoms with E-state index in [0.29, 0.717) is 22.8 Å². The molecule has 0 aliphatic carbocycles. The Bertz CT molecular complexity index is 553. The second-order valence-corrected chi connectivity index (χ2v) is 5.30. The lowest BCUT2D eigenvalue weighted by Crippen LogP contribution is -2.26. The Morgan fingerprint density at radius 1 is 1.55 bits per heavy atom. The fourth-order valence-corrected chi connectivity index (χ4v) is 2.60. The highest BCUT2D eigenvalue weighted by Gasteiger charge is 2.35. The molecule has 0 N–H and O–H groups in total. The zero-order chi connectivity index (χ0) is 14.7. The number of ether oxygens (including phenoxy) is 2. The van der Waals surface area contributed by atoms with Crippen LogP contribution in [0.15, 0.2) is 18.2 Å². The number of Topliss-reactive ketones (excluding diaryl/α,β-unsaturated/α-hetero) is 1. The lowest BCUT2D eigenvalue weighted by molar-refractivity contribution is -0.129. The monoisotopic (exact) mass is 293 g/mol. The van der Waals surface area contributed by atoms with Crippen LogP contribution in [0.2, 0.25) is 5.02 Å². The summed E-state index contributed by atoms with van der Waals surface area (Å²) < 4.78 is 10.8. The van der Waals surface area contributed by atoms with Crippen molar-refractivity contribution in [2.45, 2.75) is 37.9 Å². The van der Waals surface area contributed by atoms with Gasteiger partial charge in [0.15, 0.2) is 5.78 Å². The molecule has 0 saturated carbocycles. The van der Waals surface area contributed by atoms with E-state index in [4.69, 9.17) is 21.1 Å². The van der Waals surface area contributed by atoms with Crippen LogP contribution in [0.4, 0.5) is 0 Å². The van der Waals surface area contributed by atoms with Crippen LogP contribution in [0, 0.1) is 11.3 Å². The molecule has 1 aliphatic rings. The molecule has 3 atom stereocenters. The van der Waals surface area contributed by atoms with Crippen LogP contribution in [0.3, 0.4) is 0 Å². The molecule has 106 valence electrons. The van der Waals surface area contributed by atoms with Crippen LogP contribution in [0.1, 0.15) is 31.2 Å². The van der Waals surface area contributed by atoms with Gasteiger partial charge in [0, 0.05) is 10.6 Å². The number of carbonyl (C=O) groups is 1. The number of rotatable bonds is 4. The summed E-state index contributed by atoms with van der Waals surface area (Å²) in [5.74, 6) is -0.656. The molecule has 5 heteroatoms. The second-order valence-electron chi connectivity index (χ2n) is 4.86. The van der Waals surface area contributed by atoms with E-state index in [1.807, 2.05) is 13.0 Å². The molecular weight excluding hydrogens is 278 g/mol. The van der Waals surface area contributed by atoms with E-state index in [2.05, 4.69) is 0 Å². The van der Waals surface area contributed by atoms with Gasteiger partial charge in [-0.1, -0.05) is 11.6 Å². The van der Waals surface area contributed by atoms with E-state index in [-0.39, 0.29) is 11.9 Å². The Labute approximate surface area is 123 Å². The Kier molecular flexibility index (Phi) is 4.64. The van der Waals surface area contributed by atoms with Crippen LogP contribution >= 0.6 is 11.6 Å². The number of hydrogen-bond donors (Lipinski definition) is 0. The van der Waals surface area contributed by atoms with Crippen molar-refractivity contribution in [2.24, 2.45) is 0 Å². The molecule has 1 fully saturated rings. The number of halogens is 1. The maximum absolute atomic E-state index is 12.5. The first kappa shape index (κ1) is 14.8. The minimum Gasteiger partial charge on any atom is -0.496 e. The van der Waals surface area contributed by atoms with Gasteiger partial charge >= 0.3 is 0 Å². The molecule has 1 aromatic carbocycles. The third kappa shape index (κ3) is 2.95. The molecular formula is C15H16ClNO3. The average Bonchev–Trinajstić information content (AvgIpc) is 2.86. The molecule has 4 nitrogen and oxygen atoms in total. The molecule has 3 unspecified atom stereocenters. The SMILES string of the molecule is COc1ccc(Cl)cc1C(C#N)C(=O)C1CCC(C)O1. The molecule has 20 heavy (non-hydrogen) atoms. The molecule has 1 aliphatic heterocycles. The molecule has 1 saturated heterocycles. The van der Waals surface area contributed by atoms with Crippen molar-refractivity contribution >= 4 is 17.4 Å². The first-order valence-corrected chi connectivity index (χ1v) is 6.87. The van der Waals surface area contributed by atoms with E-state index < -0.39 is 12.0 Å². The summed E-state index contributed by atoms with van der Waals surface area (Å²) in [6.45, 7) is 1.93. The van der Waals surface area contributed by atoms with Crippen molar-refractivity contribution in [1.82, 2.24) is 0 Å². The number of nitrogens with zero attached hydrogens (tertiary/aromatic N) is 1. The molecule has 1 aromatic rings. The van der Waals surface area contributed by atoms with E-state index in [9.17, 15) is 10.1 Å². The average molecular weight is 294 g/mol. The fourth-order valence-electron chi connectivity index (χ4n) is 2.42. The van der Waals surface area contributed by atoms with Gasteiger partial charge in [-0.2, -0.15) is 5.26 Å². The first-order chi connectivity index (χ1) is 9.56. The van der Waals surface area contributed by atoms with Crippen molar-refractivity contribution in [1.29, 1.82) is 5.26 Å². The molecule has 1 heterocycles. The van der Waals surface area contributed by atoms with Crippen LogP contribution in [0.5, 0.6) is 5.75 Å². The molecule has 0 radical (unpaired) electrons. The van der Waals surface area contributed by atoms with Crippen LogP contribution in [-0.4, -0.2) is 25.1 Å². The third-order valence-corrected chi connectivity index (χ3v) is 3.70. The highest BCUT2D eigenvalue weighted by molar-refractivity contribution is 6.30. The fraction of sp³-hybridized carbons (Fsp3) is 0.467. The minimum absolute atomic E-state index is 0.0598. The first-order valence-electron chi connectivity index (χ1n) is 6.49. The quantitative estimate of drug-likeness (QED) is 0.856. The smallest absolute Gasteiger partial charge is 0.183 e. The highest BCUT2D eigenvalue weighted by atomic mass is 35.5. The summed E-state index contributed by atoms with van der Waals surface area (Å²) >= 11 is 5.95. The Hall–Kier alpha value is -1.57. The van der Waals surface area contributed by atoms with Crippen molar-refractivity contribution in [3.05, 3.63) is 28.8 Å². The molecule has 0 spiro atoms. The van der Waals surface area contributed by atoms with E-state index in [1.165, 1.54) is 7.11 Å². The predicted octanol–water partition coefficient (Wildman–Crippen LogP) is 3.09. The highest BCUT2D eigenvalue weighted by Crippen LogP contribution is 2.33. The molecule has 0 bridgehead atoms. The lowest BCUT2D eigenvalue weighted by Gasteiger charge is -2.17. The topological polar surface area (TPSA) is 59.3 Å². The third-order valence-electron chi connectivity index (χ3n) is 3.47.